The molecule has 0 aromatic heterocycles. The minimum absolute atomic E-state index is 0.0392. The molecule has 0 saturated heterocycles. The van der Waals surface area contributed by atoms with Crippen molar-refractivity contribution in [2.45, 2.75) is 32.2 Å². The van der Waals surface area contributed by atoms with Gasteiger partial charge in [0.25, 0.3) is 0 Å². The van der Waals surface area contributed by atoms with E-state index in [9.17, 15) is 4.79 Å². The van der Waals surface area contributed by atoms with Gasteiger partial charge in [0.15, 0.2) is 0 Å². The smallest absolute Gasteiger partial charge is 0.310 e. The van der Waals surface area contributed by atoms with Gasteiger partial charge in [-0.1, -0.05) is 6.42 Å². The van der Waals surface area contributed by atoms with Gasteiger partial charge in [-0.3, -0.25) is 15.2 Å². The molecule has 1 fully saturated rings. The standard InChI is InChI=1S/C10H20N2O2/c1-4-14-10(13)8-6-5-7-9(8)11-12(2)3/h8-9,11H,4-7H2,1-3H3. The van der Waals surface area contributed by atoms with Crippen LogP contribution in [0.25, 0.3) is 0 Å². The summed E-state index contributed by atoms with van der Waals surface area (Å²) in [4.78, 5) is 11.6. The van der Waals surface area contributed by atoms with Crippen LogP contribution in [0.4, 0.5) is 0 Å². The molecule has 2 atom stereocenters. The number of carbonyl (C=O) groups excluding carboxylic acids is 1. The molecule has 2 unspecified atom stereocenters. The highest BCUT2D eigenvalue weighted by molar-refractivity contribution is 5.73. The van der Waals surface area contributed by atoms with E-state index in [0.29, 0.717) is 6.61 Å². The van der Waals surface area contributed by atoms with Gasteiger partial charge in [-0.15, -0.1) is 0 Å². The Balaban J connectivity index is 2.46. The number of nitrogens with one attached hydrogen (secondary N) is 1. The van der Waals surface area contributed by atoms with Crippen LogP contribution in [-0.4, -0.2) is 37.7 Å². The molecule has 0 amide bonds. The summed E-state index contributed by atoms with van der Waals surface area (Å²) >= 11 is 0. The van der Waals surface area contributed by atoms with Gasteiger partial charge >= 0.3 is 5.97 Å². The lowest BCUT2D eigenvalue weighted by atomic mass is 10.1. The van der Waals surface area contributed by atoms with E-state index < -0.39 is 0 Å². The minimum Gasteiger partial charge on any atom is -0.466 e. The third kappa shape index (κ3) is 2.96. The van der Waals surface area contributed by atoms with Crippen molar-refractivity contribution >= 4 is 5.97 Å². The van der Waals surface area contributed by atoms with Crippen LogP contribution in [-0.2, 0) is 9.53 Å². The summed E-state index contributed by atoms with van der Waals surface area (Å²) in [7, 11) is 3.89. The Kier molecular flexibility index (Phi) is 4.35. The molecule has 14 heavy (non-hydrogen) atoms. The lowest BCUT2D eigenvalue weighted by molar-refractivity contribution is -0.148. The molecule has 0 spiro atoms. The molecule has 1 aliphatic carbocycles. The average Bonchev–Trinajstić information content (AvgIpc) is 2.51. The molecule has 0 bridgehead atoms. The SMILES string of the molecule is CCOC(=O)C1CCCC1NN(C)C. The van der Waals surface area contributed by atoms with Gasteiger partial charge in [-0.05, 0) is 19.8 Å². The lowest BCUT2D eigenvalue weighted by Crippen LogP contribution is -2.44. The van der Waals surface area contributed by atoms with E-state index in [1.54, 1.807) is 0 Å². The predicted octanol–water partition coefficient (Wildman–Crippen LogP) is 0.784. The fraction of sp³-hybridized carbons (Fsp3) is 0.900. The molecule has 0 aromatic rings. The molecule has 1 rings (SSSR count). The first-order chi connectivity index (χ1) is 6.65. The van der Waals surface area contributed by atoms with Crippen molar-refractivity contribution in [1.82, 2.24) is 10.4 Å². The number of hydrazine groups is 1. The topological polar surface area (TPSA) is 41.6 Å². The van der Waals surface area contributed by atoms with E-state index in [-0.39, 0.29) is 17.9 Å². The maximum absolute atomic E-state index is 11.6. The maximum Gasteiger partial charge on any atom is 0.310 e. The Morgan fingerprint density at radius 1 is 1.50 bits per heavy atom. The molecule has 1 N–H and O–H groups in total. The molecule has 0 aliphatic heterocycles. The Hall–Kier alpha value is -0.610. The van der Waals surface area contributed by atoms with E-state index in [0.717, 1.165) is 19.3 Å². The zero-order chi connectivity index (χ0) is 10.6. The molecule has 4 heteroatoms. The first-order valence-electron chi connectivity index (χ1n) is 5.25. The summed E-state index contributed by atoms with van der Waals surface area (Å²) in [5.74, 6) is -0.0123. The van der Waals surface area contributed by atoms with E-state index in [4.69, 9.17) is 4.74 Å². The lowest BCUT2D eigenvalue weighted by Gasteiger charge is -2.23. The van der Waals surface area contributed by atoms with Crippen LogP contribution in [0.15, 0.2) is 0 Å². The number of rotatable bonds is 4. The van der Waals surface area contributed by atoms with Crippen LogP contribution >= 0.6 is 0 Å². The quantitative estimate of drug-likeness (QED) is 0.538. The Morgan fingerprint density at radius 3 is 2.79 bits per heavy atom. The zero-order valence-corrected chi connectivity index (χ0v) is 9.25. The van der Waals surface area contributed by atoms with Crippen molar-refractivity contribution in [2.75, 3.05) is 20.7 Å². The first-order valence-corrected chi connectivity index (χ1v) is 5.25. The molecule has 82 valence electrons. The van der Waals surface area contributed by atoms with Crippen LogP contribution in [0.1, 0.15) is 26.2 Å². The second kappa shape index (κ2) is 5.32. The summed E-state index contributed by atoms with van der Waals surface area (Å²) in [6.07, 6.45) is 3.11. The Labute approximate surface area is 85.6 Å². The Morgan fingerprint density at radius 2 is 2.21 bits per heavy atom. The fourth-order valence-corrected chi connectivity index (χ4v) is 1.98. The highest BCUT2D eigenvalue weighted by Crippen LogP contribution is 2.26. The second-order valence-corrected chi connectivity index (χ2v) is 3.92. The fourth-order valence-electron chi connectivity index (χ4n) is 1.98. The molecule has 1 aliphatic rings. The highest BCUT2D eigenvalue weighted by atomic mass is 16.5. The van der Waals surface area contributed by atoms with E-state index >= 15 is 0 Å². The van der Waals surface area contributed by atoms with Gasteiger partial charge in [0.1, 0.15) is 0 Å². The third-order valence-corrected chi connectivity index (χ3v) is 2.53. The Bertz CT molecular complexity index is 195. The number of esters is 1. The molecule has 0 aromatic carbocycles. The molecule has 0 heterocycles. The molecule has 0 radical (unpaired) electrons. The summed E-state index contributed by atoms with van der Waals surface area (Å²) < 4.78 is 5.04. The van der Waals surface area contributed by atoms with Crippen LogP contribution in [0.3, 0.4) is 0 Å². The van der Waals surface area contributed by atoms with Crippen molar-refractivity contribution in [3.05, 3.63) is 0 Å². The van der Waals surface area contributed by atoms with Crippen LogP contribution in [0.5, 0.6) is 0 Å². The highest BCUT2D eigenvalue weighted by Gasteiger charge is 2.34. The van der Waals surface area contributed by atoms with Gasteiger partial charge in [0, 0.05) is 20.1 Å². The van der Waals surface area contributed by atoms with Gasteiger partial charge in [0.2, 0.25) is 0 Å². The number of ether oxygens (including phenoxy) is 1. The summed E-state index contributed by atoms with van der Waals surface area (Å²) in [5, 5.41) is 1.90. The third-order valence-electron chi connectivity index (χ3n) is 2.53. The first kappa shape index (κ1) is 11.5. The monoisotopic (exact) mass is 200 g/mol. The van der Waals surface area contributed by atoms with Crippen molar-refractivity contribution in [2.24, 2.45) is 5.92 Å². The van der Waals surface area contributed by atoms with Crippen molar-refractivity contribution in [3.8, 4) is 0 Å². The molecular formula is C10H20N2O2. The second-order valence-electron chi connectivity index (χ2n) is 3.92. The van der Waals surface area contributed by atoms with E-state index in [2.05, 4.69) is 5.43 Å². The number of hydrogen-bond acceptors (Lipinski definition) is 4. The molecular weight excluding hydrogens is 180 g/mol. The summed E-state index contributed by atoms with van der Waals surface area (Å²) in [6.45, 7) is 2.32. The average molecular weight is 200 g/mol. The van der Waals surface area contributed by atoms with Gasteiger partial charge < -0.3 is 4.74 Å². The van der Waals surface area contributed by atoms with E-state index in [1.165, 1.54) is 0 Å². The molecule has 4 nitrogen and oxygen atoms in total. The van der Waals surface area contributed by atoms with E-state index in [1.807, 2.05) is 26.0 Å². The van der Waals surface area contributed by atoms with Crippen LogP contribution < -0.4 is 5.43 Å². The predicted molar refractivity (Wildman–Crippen MR) is 54.6 cm³/mol. The maximum atomic E-state index is 11.6. The van der Waals surface area contributed by atoms with Crippen molar-refractivity contribution < 1.29 is 9.53 Å². The summed E-state index contributed by atoms with van der Waals surface area (Å²) in [6, 6.07) is 0.254. The van der Waals surface area contributed by atoms with Crippen molar-refractivity contribution in [1.29, 1.82) is 0 Å². The van der Waals surface area contributed by atoms with Gasteiger partial charge in [-0.2, -0.15) is 0 Å². The van der Waals surface area contributed by atoms with Crippen molar-refractivity contribution in [3.63, 3.8) is 0 Å². The summed E-state index contributed by atoms with van der Waals surface area (Å²) in [5.41, 5.74) is 3.26. The van der Waals surface area contributed by atoms with Gasteiger partial charge in [-0.25, -0.2) is 0 Å². The van der Waals surface area contributed by atoms with Gasteiger partial charge in [0.05, 0.1) is 12.5 Å². The number of carbonyl (C=O) groups is 1. The number of hydrogen-bond donors (Lipinski definition) is 1. The normalized spacial score (nSPS) is 26.9. The molecule has 1 saturated carbocycles. The largest absolute Gasteiger partial charge is 0.466 e. The minimum atomic E-state index is -0.0515. The number of nitrogens with zero attached hydrogens (tertiary/aromatic N) is 1. The van der Waals surface area contributed by atoms with Crippen LogP contribution in [0, 0.1) is 5.92 Å². The zero-order valence-electron chi connectivity index (χ0n) is 9.25. The van der Waals surface area contributed by atoms with Crippen LogP contribution in [0.2, 0.25) is 0 Å².